The average Bonchev–Trinajstić information content (AvgIpc) is 2.78. The number of ketones is 1. The predicted molar refractivity (Wildman–Crippen MR) is 121 cm³/mol. The van der Waals surface area contributed by atoms with Crippen molar-refractivity contribution in [3.05, 3.63) is 65.2 Å². The zero-order valence-corrected chi connectivity index (χ0v) is 17.8. The van der Waals surface area contributed by atoms with Gasteiger partial charge < -0.3 is 14.7 Å². The van der Waals surface area contributed by atoms with Crippen LogP contribution in [-0.4, -0.2) is 36.6 Å². The van der Waals surface area contributed by atoms with E-state index in [9.17, 15) is 9.59 Å². The molecule has 2 aromatic rings. The van der Waals surface area contributed by atoms with E-state index in [0.717, 1.165) is 22.4 Å². The fraction of sp³-hybridized carbons (Fsp3) is 0.385. The highest BCUT2D eigenvalue weighted by Gasteiger charge is 2.20. The largest absolute Gasteiger partial charge is 0.394 e. The third-order valence-electron chi connectivity index (χ3n) is 5.25. The lowest BCUT2D eigenvalue weighted by Gasteiger charge is -2.26. The Bertz CT molecular complexity index is 957. The molecule has 0 aliphatic carbocycles. The molecule has 0 atom stereocenters. The van der Waals surface area contributed by atoms with Crippen molar-refractivity contribution < 1.29 is 19.4 Å². The van der Waals surface area contributed by atoms with Crippen LogP contribution in [0.15, 0.2) is 48.5 Å². The summed E-state index contributed by atoms with van der Waals surface area (Å²) in [7, 11) is 0. The van der Waals surface area contributed by atoms with Gasteiger partial charge >= 0.3 is 0 Å². The number of nitrogens with zero attached hydrogens (tertiary/aromatic N) is 1. The smallest absolute Gasteiger partial charge is 0.227 e. The van der Waals surface area contributed by atoms with Gasteiger partial charge in [0.05, 0.1) is 25.4 Å². The van der Waals surface area contributed by atoms with Crippen molar-refractivity contribution in [1.82, 2.24) is 0 Å². The molecule has 162 valence electrons. The first-order valence-electron chi connectivity index (χ1n) is 10.9. The Balaban J connectivity index is 1.54. The van der Waals surface area contributed by atoms with Crippen molar-refractivity contribution in [3.63, 3.8) is 0 Å². The van der Waals surface area contributed by atoms with Crippen molar-refractivity contribution in [2.24, 2.45) is 0 Å². The number of carbonyl (C=O) groups excluding carboxylic acids is 2. The van der Waals surface area contributed by atoms with Crippen molar-refractivity contribution >= 4 is 17.4 Å². The highest BCUT2D eigenvalue weighted by atomic mass is 16.5. The molecule has 1 heterocycles. The zero-order valence-electron chi connectivity index (χ0n) is 17.8. The molecule has 0 saturated heterocycles. The summed E-state index contributed by atoms with van der Waals surface area (Å²) in [6, 6.07) is 15.7. The first-order chi connectivity index (χ1) is 15.2. The number of hydrogen-bond acceptors (Lipinski definition) is 4. The van der Waals surface area contributed by atoms with Crippen molar-refractivity contribution in [3.8, 4) is 11.8 Å². The average molecular weight is 420 g/mol. The minimum Gasteiger partial charge on any atom is -0.394 e. The minimum atomic E-state index is 0.00161. The second-order valence-corrected chi connectivity index (χ2v) is 7.59. The Labute approximate surface area is 184 Å². The minimum absolute atomic E-state index is 0.00161. The van der Waals surface area contributed by atoms with Crippen LogP contribution < -0.4 is 4.90 Å². The first kappa shape index (κ1) is 22.7. The van der Waals surface area contributed by atoms with Gasteiger partial charge in [-0.1, -0.05) is 42.2 Å². The zero-order chi connectivity index (χ0) is 21.9. The number of Topliss-reactive ketones (excluding diaryl/α,β-unsaturated/α-hetero) is 1. The summed E-state index contributed by atoms with van der Waals surface area (Å²) in [5.74, 6) is 6.68. The molecule has 0 fully saturated rings. The lowest BCUT2D eigenvalue weighted by molar-refractivity contribution is -0.121. The summed E-state index contributed by atoms with van der Waals surface area (Å²) in [4.78, 5) is 26.9. The number of fused-ring (bicyclic) bond motifs is 2. The van der Waals surface area contributed by atoms with Gasteiger partial charge in [0.2, 0.25) is 5.91 Å². The molecule has 0 spiro atoms. The SMILES string of the molecule is O=C(CCCCC(=O)N1Cc2ccccc2C#Cc2ccccc21)CCCOCCO. The molecule has 0 bridgehead atoms. The number of unbranched alkanes of at least 4 members (excludes halogenated alkanes) is 1. The van der Waals surface area contributed by atoms with Crippen LogP contribution in [0.2, 0.25) is 0 Å². The maximum atomic E-state index is 13.1. The molecule has 1 aliphatic rings. The Kier molecular flexibility index (Phi) is 8.84. The van der Waals surface area contributed by atoms with E-state index in [1.807, 2.05) is 53.4 Å². The summed E-state index contributed by atoms with van der Waals surface area (Å²) in [6.07, 6.45) is 3.41. The number of amides is 1. The number of carbonyl (C=O) groups is 2. The predicted octanol–water partition coefficient (Wildman–Crippen LogP) is 3.85. The molecule has 5 heteroatoms. The van der Waals surface area contributed by atoms with Gasteiger partial charge in [0.15, 0.2) is 0 Å². The Morgan fingerprint density at radius 2 is 1.55 bits per heavy atom. The van der Waals surface area contributed by atoms with Gasteiger partial charge in [0, 0.05) is 37.0 Å². The van der Waals surface area contributed by atoms with E-state index in [0.29, 0.717) is 58.3 Å². The summed E-state index contributed by atoms with van der Waals surface area (Å²) < 4.78 is 5.17. The van der Waals surface area contributed by atoms with Gasteiger partial charge in [-0.2, -0.15) is 0 Å². The molecular weight excluding hydrogens is 390 g/mol. The van der Waals surface area contributed by atoms with Crippen LogP contribution in [0.1, 0.15) is 55.2 Å². The van der Waals surface area contributed by atoms with E-state index in [2.05, 4.69) is 11.8 Å². The van der Waals surface area contributed by atoms with E-state index in [-0.39, 0.29) is 18.3 Å². The molecular formula is C26H29NO4. The van der Waals surface area contributed by atoms with Crippen LogP contribution in [0.25, 0.3) is 0 Å². The van der Waals surface area contributed by atoms with E-state index < -0.39 is 0 Å². The topological polar surface area (TPSA) is 66.8 Å². The number of hydrogen-bond donors (Lipinski definition) is 1. The molecule has 2 aromatic carbocycles. The normalized spacial score (nSPS) is 12.1. The van der Waals surface area contributed by atoms with Crippen LogP contribution in [-0.2, 0) is 20.9 Å². The van der Waals surface area contributed by atoms with Gasteiger partial charge in [-0.15, -0.1) is 0 Å². The summed E-state index contributed by atoms with van der Waals surface area (Å²) in [5, 5.41) is 8.66. The first-order valence-corrected chi connectivity index (χ1v) is 10.9. The van der Waals surface area contributed by atoms with Crippen LogP contribution in [0.5, 0.6) is 0 Å². The molecule has 1 N–H and O–H groups in total. The van der Waals surface area contributed by atoms with Gasteiger partial charge in [0.25, 0.3) is 0 Å². The van der Waals surface area contributed by atoms with Crippen LogP contribution in [0.3, 0.4) is 0 Å². The van der Waals surface area contributed by atoms with Crippen LogP contribution in [0, 0.1) is 11.8 Å². The van der Waals surface area contributed by atoms with Crippen molar-refractivity contribution in [1.29, 1.82) is 0 Å². The van der Waals surface area contributed by atoms with E-state index in [4.69, 9.17) is 9.84 Å². The maximum Gasteiger partial charge on any atom is 0.227 e. The second-order valence-electron chi connectivity index (χ2n) is 7.59. The number of aliphatic hydroxyl groups excluding tert-OH is 1. The molecule has 0 saturated carbocycles. The maximum absolute atomic E-state index is 13.1. The number of anilines is 1. The third-order valence-corrected chi connectivity index (χ3v) is 5.25. The van der Waals surface area contributed by atoms with Gasteiger partial charge in [0.1, 0.15) is 5.78 Å². The fourth-order valence-corrected chi connectivity index (χ4v) is 3.60. The van der Waals surface area contributed by atoms with Crippen LogP contribution in [0.4, 0.5) is 5.69 Å². The number of rotatable bonds is 11. The van der Waals surface area contributed by atoms with E-state index >= 15 is 0 Å². The lowest BCUT2D eigenvalue weighted by Crippen LogP contribution is -2.31. The Morgan fingerprint density at radius 1 is 0.871 bits per heavy atom. The highest BCUT2D eigenvalue weighted by Crippen LogP contribution is 2.26. The summed E-state index contributed by atoms with van der Waals surface area (Å²) in [6.45, 7) is 1.30. The van der Waals surface area contributed by atoms with Gasteiger partial charge in [-0.25, -0.2) is 0 Å². The summed E-state index contributed by atoms with van der Waals surface area (Å²) in [5.41, 5.74) is 3.68. The molecule has 0 radical (unpaired) electrons. The Morgan fingerprint density at radius 3 is 2.39 bits per heavy atom. The lowest BCUT2D eigenvalue weighted by atomic mass is 10.0. The van der Waals surface area contributed by atoms with E-state index in [1.54, 1.807) is 0 Å². The molecule has 31 heavy (non-hydrogen) atoms. The molecule has 1 aliphatic heterocycles. The molecule has 5 nitrogen and oxygen atoms in total. The van der Waals surface area contributed by atoms with Crippen molar-refractivity contribution in [2.45, 2.75) is 45.1 Å². The Hall–Kier alpha value is -2.94. The third kappa shape index (κ3) is 6.78. The van der Waals surface area contributed by atoms with Gasteiger partial charge in [-0.05, 0) is 43.0 Å². The van der Waals surface area contributed by atoms with Crippen LogP contribution >= 0.6 is 0 Å². The summed E-state index contributed by atoms with van der Waals surface area (Å²) >= 11 is 0. The quantitative estimate of drug-likeness (QED) is 0.444. The molecule has 3 rings (SSSR count). The fourth-order valence-electron chi connectivity index (χ4n) is 3.60. The monoisotopic (exact) mass is 419 g/mol. The second kappa shape index (κ2) is 12.0. The van der Waals surface area contributed by atoms with Gasteiger partial charge in [-0.3, -0.25) is 9.59 Å². The van der Waals surface area contributed by atoms with E-state index in [1.165, 1.54) is 0 Å². The molecule has 1 amide bonds. The molecule has 0 unspecified atom stereocenters. The number of ether oxygens (including phenoxy) is 1. The standard InChI is InChI=1S/C26H29NO4/c28-17-19-31-18-7-12-24(29)11-4-6-14-26(30)27-20-23-10-2-1-8-21(23)15-16-22-9-3-5-13-25(22)27/h1-3,5,8-10,13,28H,4,6-7,11-12,14,17-20H2. The van der Waals surface area contributed by atoms with Crippen molar-refractivity contribution in [2.75, 3.05) is 24.7 Å². The number of benzene rings is 2. The molecule has 0 aromatic heterocycles. The number of para-hydroxylation sites is 1. The highest BCUT2D eigenvalue weighted by molar-refractivity contribution is 5.95. The number of aliphatic hydroxyl groups is 1.